The topological polar surface area (TPSA) is 41.5 Å². The van der Waals surface area contributed by atoms with E-state index in [0.717, 1.165) is 31.7 Å². The number of benzene rings is 1. The molecule has 1 aromatic rings. The molecule has 0 aromatic heterocycles. The number of hydrogen-bond acceptors (Lipinski definition) is 3. The number of nitrogens with one attached hydrogen (secondary N) is 1. The van der Waals surface area contributed by atoms with Crippen LogP contribution in [0.2, 0.25) is 0 Å². The lowest BCUT2D eigenvalue weighted by Gasteiger charge is -2.11. The van der Waals surface area contributed by atoms with Gasteiger partial charge in [-0.1, -0.05) is 18.2 Å². The summed E-state index contributed by atoms with van der Waals surface area (Å²) >= 11 is 0. The highest BCUT2D eigenvalue weighted by atomic mass is 16.5. The van der Waals surface area contributed by atoms with E-state index >= 15 is 0 Å². The molecule has 2 N–H and O–H groups in total. The Labute approximate surface area is 104 Å². The molecule has 0 saturated heterocycles. The van der Waals surface area contributed by atoms with Crippen molar-refractivity contribution < 1.29 is 9.84 Å². The van der Waals surface area contributed by atoms with Crippen LogP contribution in [0.5, 0.6) is 5.75 Å². The molecule has 17 heavy (non-hydrogen) atoms. The van der Waals surface area contributed by atoms with E-state index in [0.29, 0.717) is 6.61 Å². The molecule has 0 spiro atoms. The number of aliphatic hydroxyl groups is 1. The standard InChI is InChI=1S/C14H23NO2/c1-3-17-14-9-5-4-8-13(14)11-15-10-6-7-12(2)16/h4-5,8-9,12,15-16H,3,6-7,10-11H2,1-2H3. The number of para-hydroxylation sites is 1. The number of ether oxygens (including phenoxy) is 1. The molecule has 0 heterocycles. The van der Waals surface area contributed by atoms with Crippen molar-refractivity contribution >= 4 is 0 Å². The van der Waals surface area contributed by atoms with E-state index in [1.54, 1.807) is 0 Å². The summed E-state index contributed by atoms with van der Waals surface area (Å²) in [4.78, 5) is 0. The lowest BCUT2D eigenvalue weighted by Crippen LogP contribution is -2.16. The molecule has 0 fully saturated rings. The molecule has 1 unspecified atom stereocenters. The molecule has 3 nitrogen and oxygen atoms in total. The van der Waals surface area contributed by atoms with Crippen LogP contribution >= 0.6 is 0 Å². The average Bonchev–Trinajstić information content (AvgIpc) is 2.31. The summed E-state index contributed by atoms with van der Waals surface area (Å²) in [6, 6.07) is 8.08. The maximum Gasteiger partial charge on any atom is 0.123 e. The lowest BCUT2D eigenvalue weighted by molar-refractivity contribution is 0.181. The fraction of sp³-hybridized carbons (Fsp3) is 0.571. The smallest absolute Gasteiger partial charge is 0.123 e. The van der Waals surface area contributed by atoms with Crippen molar-refractivity contribution in [2.45, 2.75) is 39.3 Å². The Balaban J connectivity index is 2.30. The van der Waals surface area contributed by atoms with Crippen LogP contribution in [0.4, 0.5) is 0 Å². The third-order valence-corrected chi connectivity index (χ3v) is 2.56. The largest absolute Gasteiger partial charge is 0.494 e. The van der Waals surface area contributed by atoms with Gasteiger partial charge in [-0.2, -0.15) is 0 Å². The maximum absolute atomic E-state index is 9.14. The maximum atomic E-state index is 9.14. The molecule has 0 aliphatic rings. The van der Waals surface area contributed by atoms with Gasteiger partial charge in [-0.05, 0) is 39.3 Å². The summed E-state index contributed by atoms with van der Waals surface area (Å²) in [7, 11) is 0. The summed E-state index contributed by atoms with van der Waals surface area (Å²) < 4.78 is 5.55. The van der Waals surface area contributed by atoms with Gasteiger partial charge in [0.1, 0.15) is 5.75 Å². The van der Waals surface area contributed by atoms with Crippen LogP contribution in [-0.4, -0.2) is 24.4 Å². The van der Waals surface area contributed by atoms with Gasteiger partial charge in [-0.3, -0.25) is 0 Å². The summed E-state index contributed by atoms with van der Waals surface area (Å²) in [5.41, 5.74) is 1.19. The molecule has 0 bridgehead atoms. The summed E-state index contributed by atoms with van der Waals surface area (Å²) in [6.07, 6.45) is 1.64. The zero-order chi connectivity index (χ0) is 12.5. The first-order valence-corrected chi connectivity index (χ1v) is 6.33. The molecular weight excluding hydrogens is 214 g/mol. The van der Waals surface area contributed by atoms with E-state index in [9.17, 15) is 0 Å². The van der Waals surface area contributed by atoms with Crippen LogP contribution in [0.15, 0.2) is 24.3 Å². The van der Waals surface area contributed by atoms with E-state index in [2.05, 4.69) is 11.4 Å². The SMILES string of the molecule is CCOc1ccccc1CNCCCC(C)O. The van der Waals surface area contributed by atoms with Gasteiger partial charge in [0.05, 0.1) is 12.7 Å². The molecular formula is C14H23NO2. The van der Waals surface area contributed by atoms with Crippen LogP contribution in [0.1, 0.15) is 32.3 Å². The zero-order valence-electron chi connectivity index (χ0n) is 10.8. The van der Waals surface area contributed by atoms with Crippen molar-refractivity contribution in [3.05, 3.63) is 29.8 Å². The minimum Gasteiger partial charge on any atom is -0.494 e. The minimum atomic E-state index is -0.201. The second kappa shape index (κ2) is 8.09. The first-order valence-electron chi connectivity index (χ1n) is 6.33. The third-order valence-electron chi connectivity index (χ3n) is 2.56. The van der Waals surface area contributed by atoms with Crippen LogP contribution in [0.3, 0.4) is 0 Å². The summed E-state index contributed by atoms with van der Waals surface area (Å²) in [6.45, 7) is 6.25. The van der Waals surface area contributed by atoms with Gasteiger partial charge in [0.25, 0.3) is 0 Å². The van der Waals surface area contributed by atoms with E-state index in [1.807, 2.05) is 32.0 Å². The second-order valence-electron chi connectivity index (χ2n) is 4.21. The average molecular weight is 237 g/mol. The van der Waals surface area contributed by atoms with E-state index in [1.165, 1.54) is 5.56 Å². The molecule has 1 aromatic carbocycles. The van der Waals surface area contributed by atoms with E-state index in [4.69, 9.17) is 9.84 Å². The first-order chi connectivity index (χ1) is 8.24. The van der Waals surface area contributed by atoms with Crippen LogP contribution < -0.4 is 10.1 Å². The monoisotopic (exact) mass is 237 g/mol. The van der Waals surface area contributed by atoms with E-state index < -0.39 is 0 Å². The van der Waals surface area contributed by atoms with Gasteiger partial charge in [-0.25, -0.2) is 0 Å². The highest BCUT2D eigenvalue weighted by molar-refractivity contribution is 5.33. The molecule has 1 atom stereocenters. The van der Waals surface area contributed by atoms with Crippen LogP contribution in [-0.2, 0) is 6.54 Å². The molecule has 1 rings (SSSR count). The molecule has 96 valence electrons. The highest BCUT2D eigenvalue weighted by Gasteiger charge is 2.01. The summed E-state index contributed by atoms with van der Waals surface area (Å²) in [5.74, 6) is 0.957. The molecule has 0 saturated carbocycles. The minimum absolute atomic E-state index is 0.201. The highest BCUT2D eigenvalue weighted by Crippen LogP contribution is 2.17. The van der Waals surface area contributed by atoms with Crippen LogP contribution in [0.25, 0.3) is 0 Å². The van der Waals surface area contributed by atoms with Gasteiger partial charge < -0.3 is 15.2 Å². The van der Waals surface area contributed by atoms with Crippen molar-refractivity contribution in [1.29, 1.82) is 0 Å². The Morgan fingerprint density at radius 1 is 1.35 bits per heavy atom. The number of hydrogen-bond donors (Lipinski definition) is 2. The third kappa shape index (κ3) is 5.71. The van der Waals surface area contributed by atoms with Gasteiger partial charge in [0.2, 0.25) is 0 Å². The van der Waals surface area contributed by atoms with Gasteiger partial charge in [-0.15, -0.1) is 0 Å². The summed E-state index contributed by atoms with van der Waals surface area (Å²) in [5, 5.41) is 12.5. The fourth-order valence-electron chi connectivity index (χ4n) is 1.69. The quantitative estimate of drug-likeness (QED) is 0.682. The zero-order valence-corrected chi connectivity index (χ0v) is 10.8. The normalized spacial score (nSPS) is 12.4. The van der Waals surface area contributed by atoms with Crippen LogP contribution in [0, 0.1) is 0 Å². The Morgan fingerprint density at radius 2 is 2.12 bits per heavy atom. The predicted octanol–water partition coefficient (Wildman–Crippen LogP) is 2.34. The van der Waals surface area contributed by atoms with Gasteiger partial charge in [0, 0.05) is 12.1 Å². The Morgan fingerprint density at radius 3 is 2.82 bits per heavy atom. The molecule has 0 aliphatic heterocycles. The van der Waals surface area contributed by atoms with Gasteiger partial charge in [0.15, 0.2) is 0 Å². The molecule has 3 heteroatoms. The molecule has 0 amide bonds. The predicted molar refractivity (Wildman–Crippen MR) is 70.2 cm³/mol. The van der Waals surface area contributed by atoms with Crippen molar-refractivity contribution in [2.75, 3.05) is 13.2 Å². The fourth-order valence-corrected chi connectivity index (χ4v) is 1.69. The van der Waals surface area contributed by atoms with Crippen molar-refractivity contribution in [3.63, 3.8) is 0 Å². The lowest BCUT2D eigenvalue weighted by atomic mass is 10.2. The van der Waals surface area contributed by atoms with Crippen molar-refractivity contribution in [1.82, 2.24) is 5.32 Å². The Bertz CT molecular complexity index is 313. The molecule has 0 aliphatic carbocycles. The number of rotatable bonds is 8. The van der Waals surface area contributed by atoms with Gasteiger partial charge >= 0.3 is 0 Å². The Hall–Kier alpha value is -1.06. The van der Waals surface area contributed by atoms with Crippen molar-refractivity contribution in [2.24, 2.45) is 0 Å². The Kier molecular flexibility index (Phi) is 6.67. The van der Waals surface area contributed by atoms with Crippen molar-refractivity contribution in [3.8, 4) is 5.75 Å². The second-order valence-corrected chi connectivity index (χ2v) is 4.21. The number of aliphatic hydroxyl groups excluding tert-OH is 1. The van der Waals surface area contributed by atoms with E-state index in [-0.39, 0.29) is 6.10 Å². The first kappa shape index (κ1) is 14.0. The molecule has 0 radical (unpaired) electrons.